The van der Waals surface area contributed by atoms with Crippen molar-refractivity contribution in [1.82, 2.24) is 4.90 Å². The molecule has 0 N–H and O–H groups in total. The summed E-state index contributed by atoms with van der Waals surface area (Å²) in [6.45, 7) is 4.37. The van der Waals surface area contributed by atoms with E-state index in [4.69, 9.17) is 0 Å². The lowest BCUT2D eigenvalue weighted by Gasteiger charge is -2.11. The smallest absolute Gasteiger partial charge is 0.222 e. The van der Waals surface area contributed by atoms with E-state index < -0.39 is 0 Å². The zero-order chi connectivity index (χ0) is 9.56. The van der Waals surface area contributed by atoms with Crippen molar-refractivity contribution in [2.24, 2.45) is 0 Å². The monoisotopic (exact) mass is 189 g/mol. The van der Waals surface area contributed by atoms with Crippen LogP contribution in [0, 0.1) is 0 Å². The van der Waals surface area contributed by atoms with Gasteiger partial charge < -0.3 is 4.90 Å². The summed E-state index contributed by atoms with van der Waals surface area (Å²) >= 11 is 1.87. The number of hydrogen-bond acceptors (Lipinski definition) is 2. The van der Waals surface area contributed by atoms with E-state index in [0.717, 1.165) is 5.75 Å². The number of rotatable bonds is 5. The second-order valence-electron chi connectivity index (χ2n) is 3.13. The molecule has 0 radical (unpaired) electrons. The van der Waals surface area contributed by atoms with Crippen molar-refractivity contribution in [3.8, 4) is 0 Å². The molecule has 0 rings (SSSR count). The van der Waals surface area contributed by atoms with E-state index in [9.17, 15) is 4.79 Å². The number of nitrogens with zero attached hydrogens (tertiary/aromatic N) is 1. The van der Waals surface area contributed by atoms with Crippen LogP contribution in [0.25, 0.3) is 0 Å². The molecule has 0 heterocycles. The molecule has 12 heavy (non-hydrogen) atoms. The number of carbonyl (C=O) groups is 1. The van der Waals surface area contributed by atoms with Crippen molar-refractivity contribution in [2.45, 2.75) is 31.9 Å². The third-order valence-corrected chi connectivity index (χ3v) is 3.13. The van der Waals surface area contributed by atoms with Crippen LogP contribution in [0.15, 0.2) is 0 Å². The van der Waals surface area contributed by atoms with Gasteiger partial charge in [0.15, 0.2) is 0 Å². The molecular weight excluding hydrogens is 170 g/mol. The Morgan fingerprint density at radius 2 is 2.08 bits per heavy atom. The van der Waals surface area contributed by atoms with Crippen molar-refractivity contribution in [3.05, 3.63) is 0 Å². The van der Waals surface area contributed by atoms with Crippen LogP contribution < -0.4 is 0 Å². The van der Waals surface area contributed by atoms with Crippen LogP contribution in [-0.4, -0.2) is 35.9 Å². The molecule has 0 aromatic carbocycles. The molecule has 0 aromatic rings. The van der Waals surface area contributed by atoms with Gasteiger partial charge in [0, 0.05) is 31.5 Å². The summed E-state index contributed by atoms with van der Waals surface area (Å²) in [5, 5.41) is 0.681. The fourth-order valence-corrected chi connectivity index (χ4v) is 1.62. The zero-order valence-electron chi connectivity index (χ0n) is 8.46. The molecule has 0 bridgehead atoms. The predicted octanol–water partition coefficient (Wildman–Crippen LogP) is 2.00. The minimum Gasteiger partial charge on any atom is -0.349 e. The van der Waals surface area contributed by atoms with Crippen molar-refractivity contribution in [1.29, 1.82) is 0 Å². The Bertz CT molecular complexity index is 136. The normalized spacial score (nSPS) is 12.7. The Kier molecular flexibility index (Phi) is 6.25. The SMILES string of the molecule is CCC(C)SCCC(=O)N(C)C. The number of thioether (sulfide) groups is 1. The first-order valence-corrected chi connectivity index (χ1v) is 5.44. The summed E-state index contributed by atoms with van der Waals surface area (Å²) in [6, 6.07) is 0. The summed E-state index contributed by atoms with van der Waals surface area (Å²) in [4.78, 5) is 12.8. The van der Waals surface area contributed by atoms with Gasteiger partial charge in [-0.05, 0) is 6.42 Å². The first kappa shape index (κ1) is 11.8. The lowest BCUT2D eigenvalue weighted by atomic mass is 10.4. The molecule has 1 amide bonds. The van der Waals surface area contributed by atoms with E-state index in [2.05, 4.69) is 13.8 Å². The Morgan fingerprint density at radius 3 is 2.50 bits per heavy atom. The molecule has 0 aromatic heterocycles. The largest absolute Gasteiger partial charge is 0.349 e. The molecule has 0 spiro atoms. The molecule has 0 aliphatic heterocycles. The van der Waals surface area contributed by atoms with Crippen molar-refractivity contribution in [2.75, 3.05) is 19.8 Å². The summed E-state index contributed by atoms with van der Waals surface area (Å²) in [6.07, 6.45) is 1.85. The van der Waals surface area contributed by atoms with Gasteiger partial charge in [-0.1, -0.05) is 13.8 Å². The minimum absolute atomic E-state index is 0.228. The van der Waals surface area contributed by atoms with E-state index in [-0.39, 0.29) is 5.91 Å². The Labute approximate surface area is 79.7 Å². The number of carbonyl (C=O) groups excluding carboxylic acids is 1. The van der Waals surface area contributed by atoms with E-state index in [1.54, 1.807) is 19.0 Å². The van der Waals surface area contributed by atoms with Crippen molar-refractivity contribution >= 4 is 17.7 Å². The number of hydrogen-bond donors (Lipinski definition) is 0. The molecule has 0 aliphatic rings. The Hall–Kier alpha value is -0.180. The molecule has 0 saturated carbocycles. The molecule has 3 heteroatoms. The third kappa shape index (κ3) is 5.47. The maximum Gasteiger partial charge on any atom is 0.222 e. The summed E-state index contributed by atoms with van der Waals surface area (Å²) in [7, 11) is 3.60. The second-order valence-corrected chi connectivity index (χ2v) is 4.67. The fraction of sp³-hybridized carbons (Fsp3) is 0.889. The van der Waals surface area contributed by atoms with Gasteiger partial charge in [0.05, 0.1) is 0 Å². The average molecular weight is 189 g/mol. The van der Waals surface area contributed by atoms with Gasteiger partial charge in [0.1, 0.15) is 0 Å². The summed E-state index contributed by atoms with van der Waals surface area (Å²) in [5.74, 6) is 1.18. The van der Waals surface area contributed by atoms with Gasteiger partial charge in [0.25, 0.3) is 0 Å². The lowest BCUT2D eigenvalue weighted by Crippen LogP contribution is -2.22. The van der Waals surface area contributed by atoms with Crippen molar-refractivity contribution < 1.29 is 4.79 Å². The average Bonchev–Trinajstić information content (AvgIpc) is 2.03. The van der Waals surface area contributed by atoms with Crippen LogP contribution in [0.2, 0.25) is 0 Å². The molecule has 0 saturated heterocycles. The summed E-state index contributed by atoms with van der Waals surface area (Å²) < 4.78 is 0. The molecule has 2 nitrogen and oxygen atoms in total. The highest BCUT2D eigenvalue weighted by Gasteiger charge is 2.04. The fourth-order valence-electron chi connectivity index (χ4n) is 0.689. The van der Waals surface area contributed by atoms with Crippen LogP contribution in [0.1, 0.15) is 26.7 Å². The molecule has 0 aliphatic carbocycles. The van der Waals surface area contributed by atoms with E-state index >= 15 is 0 Å². The lowest BCUT2D eigenvalue weighted by molar-refractivity contribution is -0.128. The topological polar surface area (TPSA) is 20.3 Å². The Balaban J connectivity index is 3.37. The van der Waals surface area contributed by atoms with E-state index in [1.165, 1.54) is 6.42 Å². The zero-order valence-corrected chi connectivity index (χ0v) is 9.28. The molecule has 72 valence electrons. The maximum atomic E-state index is 11.1. The molecule has 0 fully saturated rings. The molecule has 1 atom stereocenters. The van der Waals surface area contributed by atoms with Gasteiger partial charge in [-0.2, -0.15) is 11.8 Å². The van der Waals surface area contributed by atoms with Gasteiger partial charge in [-0.15, -0.1) is 0 Å². The standard InChI is InChI=1S/C9H19NOS/c1-5-8(2)12-7-6-9(11)10(3)4/h8H,5-7H2,1-4H3. The highest BCUT2D eigenvalue weighted by Crippen LogP contribution is 2.14. The van der Waals surface area contributed by atoms with Gasteiger partial charge >= 0.3 is 0 Å². The van der Waals surface area contributed by atoms with Crippen molar-refractivity contribution in [3.63, 3.8) is 0 Å². The molecular formula is C9H19NOS. The first-order valence-electron chi connectivity index (χ1n) is 4.39. The van der Waals surface area contributed by atoms with Crippen LogP contribution in [-0.2, 0) is 4.79 Å². The van der Waals surface area contributed by atoms with E-state index in [0.29, 0.717) is 11.7 Å². The quantitative estimate of drug-likeness (QED) is 0.659. The summed E-state index contributed by atoms with van der Waals surface area (Å²) in [5.41, 5.74) is 0. The van der Waals surface area contributed by atoms with Gasteiger partial charge in [-0.3, -0.25) is 4.79 Å². The minimum atomic E-state index is 0.228. The van der Waals surface area contributed by atoms with E-state index in [1.807, 2.05) is 11.8 Å². The predicted molar refractivity (Wildman–Crippen MR) is 55.5 cm³/mol. The highest BCUT2D eigenvalue weighted by atomic mass is 32.2. The number of amides is 1. The second kappa shape index (κ2) is 6.35. The van der Waals surface area contributed by atoms with Gasteiger partial charge in [0.2, 0.25) is 5.91 Å². The van der Waals surface area contributed by atoms with Crippen LogP contribution in [0.3, 0.4) is 0 Å². The maximum absolute atomic E-state index is 11.1. The highest BCUT2D eigenvalue weighted by molar-refractivity contribution is 7.99. The van der Waals surface area contributed by atoms with Gasteiger partial charge in [-0.25, -0.2) is 0 Å². The van der Waals surface area contributed by atoms with Crippen LogP contribution in [0.5, 0.6) is 0 Å². The van der Waals surface area contributed by atoms with Crippen LogP contribution in [0.4, 0.5) is 0 Å². The first-order chi connectivity index (χ1) is 5.57. The molecule has 1 unspecified atom stereocenters. The van der Waals surface area contributed by atoms with Crippen LogP contribution >= 0.6 is 11.8 Å². The Morgan fingerprint density at radius 1 is 1.50 bits per heavy atom. The third-order valence-electron chi connectivity index (χ3n) is 1.79.